The van der Waals surface area contributed by atoms with E-state index in [0.29, 0.717) is 28.7 Å². The van der Waals surface area contributed by atoms with Crippen LogP contribution in [0, 0.1) is 0 Å². The standard InChI is InChI=1S/C17H17NO5S2/c1-2-22-13-8-10(15-18-11(9-25-15)16(19)20)5-6-12(13)23-17(21)14-4-3-7-24-14/h3-8,11,15,18H,2,9H2,1H3,(H,19,20)/t11-,15-/m0/s1. The van der Waals surface area contributed by atoms with Crippen molar-refractivity contribution in [2.24, 2.45) is 0 Å². The summed E-state index contributed by atoms with van der Waals surface area (Å²) in [6.45, 7) is 2.27. The lowest BCUT2D eigenvalue weighted by Crippen LogP contribution is -2.90. The SMILES string of the molecule is CCOc1cc([C@H]2[NH2+][C@H](C(=O)[O-])CS2)ccc1OC(=O)c1cccs1. The molecule has 1 aromatic carbocycles. The minimum absolute atomic E-state index is 0.0517. The van der Waals surface area contributed by atoms with Crippen LogP contribution in [-0.2, 0) is 4.79 Å². The zero-order valence-electron chi connectivity index (χ0n) is 13.5. The van der Waals surface area contributed by atoms with Gasteiger partial charge in [-0.3, -0.25) is 0 Å². The van der Waals surface area contributed by atoms with E-state index in [2.05, 4.69) is 0 Å². The summed E-state index contributed by atoms with van der Waals surface area (Å²) in [7, 11) is 0. The van der Waals surface area contributed by atoms with Crippen molar-refractivity contribution in [3.63, 3.8) is 0 Å². The molecule has 0 amide bonds. The fraction of sp³-hybridized carbons (Fsp3) is 0.294. The fourth-order valence-electron chi connectivity index (χ4n) is 2.48. The Labute approximate surface area is 153 Å². The van der Waals surface area contributed by atoms with Gasteiger partial charge in [0.2, 0.25) is 0 Å². The maximum atomic E-state index is 12.1. The average Bonchev–Trinajstić information content (AvgIpc) is 3.28. The van der Waals surface area contributed by atoms with Gasteiger partial charge >= 0.3 is 5.97 Å². The molecule has 1 saturated heterocycles. The first-order chi connectivity index (χ1) is 12.1. The predicted octanol–water partition coefficient (Wildman–Crippen LogP) is 0.793. The third-order valence-corrected chi connectivity index (χ3v) is 5.88. The summed E-state index contributed by atoms with van der Waals surface area (Å²) in [6.07, 6.45) is 0. The number of benzene rings is 1. The van der Waals surface area contributed by atoms with Gasteiger partial charge in [0.15, 0.2) is 16.9 Å². The van der Waals surface area contributed by atoms with Crippen molar-refractivity contribution in [3.8, 4) is 11.5 Å². The van der Waals surface area contributed by atoms with Crippen LogP contribution in [0.3, 0.4) is 0 Å². The Bertz CT molecular complexity index is 762. The number of carbonyl (C=O) groups excluding carboxylic acids is 2. The molecule has 0 aliphatic carbocycles. The quantitative estimate of drug-likeness (QED) is 0.589. The van der Waals surface area contributed by atoms with Crippen LogP contribution in [0.4, 0.5) is 0 Å². The molecule has 132 valence electrons. The summed E-state index contributed by atoms with van der Waals surface area (Å²) in [5, 5.41) is 14.5. The lowest BCUT2D eigenvalue weighted by Gasteiger charge is -2.14. The number of rotatable bonds is 6. The van der Waals surface area contributed by atoms with Crippen molar-refractivity contribution in [1.29, 1.82) is 0 Å². The molecule has 2 atom stereocenters. The van der Waals surface area contributed by atoms with E-state index in [0.717, 1.165) is 5.56 Å². The number of thiophene rings is 1. The molecule has 8 heteroatoms. The van der Waals surface area contributed by atoms with E-state index in [-0.39, 0.29) is 5.37 Å². The highest BCUT2D eigenvalue weighted by molar-refractivity contribution is 7.99. The first-order valence-corrected chi connectivity index (χ1v) is 9.71. The number of aliphatic carboxylic acids is 1. The average molecular weight is 379 g/mol. The Morgan fingerprint density at radius 1 is 1.32 bits per heavy atom. The molecule has 2 heterocycles. The maximum absolute atomic E-state index is 12.1. The molecule has 1 aliphatic rings. The Balaban J connectivity index is 1.78. The highest BCUT2D eigenvalue weighted by Crippen LogP contribution is 2.35. The molecule has 0 radical (unpaired) electrons. The van der Waals surface area contributed by atoms with Gasteiger partial charge in [0.1, 0.15) is 16.9 Å². The van der Waals surface area contributed by atoms with Gasteiger partial charge in [-0.2, -0.15) is 0 Å². The number of nitrogens with two attached hydrogens (primary N) is 1. The van der Waals surface area contributed by atoms with E-state index in [1.165, 1.54) is 23.1 Å². The number of carboxylic acid groups (broad SMARTS) is 1. The summed E-state index contributed by atoms with van der Waals surface area (Å²) in [4.78, 5) is 23.7. The largest absolute Gasteiger partial charge is 0.544 e. The number of ether oxygens (including phenoxy) is 2. The zero-order valence-corrected chi connectivity index (χ0v) is 15.1. The Morgan fingerprint density at radius 3 is 2.80 bits per heavy atom. The monoisotopic (exact) mass is 379 g/mol. The van der Waals surface area contributed by atoms with Crippen molar-refractivity contribution in [3.05, 3.63) is 46.2 Å². The van der Waals surface area contributed by atoms with Gasteiger partial charge in [0.05, 0.1) is 12.4 Å². The second-order valence-electron chi connectivity index (χ2n) is 5.38. The van der Waals surface area contributed by atoms with Crippen LogP contribution in [0.5, 0.6) is 11.5 Å². The number of carboxylic acids is 1. The molecular formula is C17H17NO5S2. The summed E-state index contributed by atoms with van der Waals surface area (Å²) in [6, 6.07) is 8.24. The number of hydrogen-bond acceptors (Lipinski definition) is 7. The molecule has 25 heavy (non-hydrogen) atoms. The molecule has 0 unspecified atom stereocenters. The van der Waals surface area contributed by atoms with E-state index < -0.39 is 18.0 Å². The van der Waals surface area contributed by atoms with Gasteiger partial charge in [-0.15, -0.1) is 11.3 Å². The number of esters is 1. The van der Waals surface area contributed by atoms with E-state index in [9.17, 15) is 14.7 Å². The first-order valence-electron chi connectivity index (χ1n) is 7.78. The van der Waals surface area contributed by atoms with E-state index >= 15 is 0 Å². The van der Waals surface area contributed by atoms with Crippen LogP contribution in [0.15, 0.2) is 35.7 Å². The number of thioether (sulfide) groups is 1. The molecule has 1 fully saturated rings. The molecule has 0 spiro atoms. The van der Waals surface area contributed by atoms with Crippen molar-refractivity contribution in [2.45, 2.75) is 18.3 Å². The normalized spacial score (nSPS) is 19.6. The molecule has 0 bridgehead atoms. The van der Waals surface area contributed by atoms with Crippen molar-refractivity contribution in [2.75, 3.05) is 12.4 Å². The Kier molecular flexibility index (Phi) is 5.62. The van der Waals surface area contributed by atoms with Crippen LogP contribution in [-0.4, -0.2) is 30.3 Å². The topological polar surface area (TPSA) is 92.3 Å². The molecule has 0 saturated carbocycles. The third kappa shape index (κ3) is 4.15. The summed E-state index contributed by atoms with van der Waals surface area (Å²) < 4.78 is 11.0. The van der Waals surface area contributed by atoms with Gasteiger partial charge in [0.25, 0.3) is 0 Å². The van der Waals surface area contributed by atoms with Crippen LogP contribution in [0.2, 0.25) is 0 Å². The molecule has 6 nitrogen and oxygen atoms in total. The highest BCUT2D eigenvalue weighted by atomic mass is 32.2. The van der Waals surface area contributed by atoms with Gasteiger partial charge in [-0.1, -0.05) is 17.8 Å². The predicted molar refractivity (Wildman–Crippen MR) is 92.8 cm³/mol. The smallest absolute Gasteiger partial charge is 0.353 e. The minimum Gasteiger partial charge on any atom is -0.544 e. The van der Waals surface area contributed by atoms with E-state index in [1.54, 1.807) is 29.6 Å². The summed E-state index contributed by atoms with van der Waals surface area (Å²) in [5.74, 6) is -0.171. The van der Waals surface area contributed by atoms with Gasteiger partial charge in [-0.25, -0.2) is 4.79 Å². The Hall–Kier alpha value is -2.03. The van der Waals surface area contributed by atoms with Crippen LogP contribution in [0.1, 0.15) is 27.5 Å². The van der Waals surface area contributed by atoms with Gasteiger partial charge in [0, 0.05) is 5.56 Å². The van der Waals surface area contributed by atoms with Gasteiger partial charge in [-0.05, 0) is 36.6 Å². The second kappa shape index (κ2) is 7.90. The van der Waals surface area contributed by atoms with Crippen LogP contribution >= 0.6 is 23.1 Å². The van der Waals surface area contributed by atoms with E-state index in [4.69, 9.17) is 9.47 Å². The van der Waals surface area contributed by atoms with Crippen LogP contribution < -0.4 is 19.9 Å². The number of carbonyl (C=O) groups is 2. The summed E-state index contributed by atoms with van der Waals surface area (Å²) in [5.41, 5.74) is 0.910. The first kappa shape index (κ1) is 17.8. The molecule has 1 aromatic heterocycles. The number of hydrogen-bond donors (Lipinski definition) is 1. The maximum Gasteiger partial charge on any atom is 0.353 e. The minimum atomic E-state index is -1.05. The molecule has 2 aromatic rings. The fourth-order valence-corrected chi connectivity index (χ4v) is 4.38. The lowest BCUT2D eigenvalue weighted by molar-refractivity contribution is -0.690. The molecular weight excluding hydrogens is 362 g/mol. The highest BCUT2D eigenvalue weighted by Gasteiger charge is 2.31. The zero-order chi connectivity index (χ0) is 17.8. The number of quaternary nitrogens is 1. The molecule has 3 rings (SSSR count). The van der Waals surface area contributed by atoms with E-state index in [1.807, 2.05) is 18.4 Å². The summed E-state index contributed by atoms with van der Waals surface area (Å²) >= 11 is 2.85. The van der Waals surface area contributed by atoms with Crippen molar-refractivity contribution < 1.29 is 29.5 Å². The molecule has 2 N–H and O–H groups in total. The molecule has 1 aliphatic heterocycles. The Morgan fingerprint density at radius 2 is 2.16 bits per heavy atom. The lowest BCUT2D eigenvalue weighted by atomic mass is 10.2. The van der Waals surface area contributed by atoms with Crippen LogP contribution in [0.25, 0.3) is 0 Å². The van der Waals surface area contributed by atoms with Crippen molar-refractivity contribution in [1.82, 2.24) is 0 Å². The second-order valence-corrected chi connectivity index (χ2v) is 7.50. The third-order valence-electron chi connectivity index (χ3n) is 3.69. The van der Waals surface area contributed by atoms with Gasteiger partial charge < -0.3 is 24.7 Å². The van der Waals surface area contributed by atoms with Crippen molar-refractivity contribution >= 4 is 35.0 Å².